The molecule has 0 aromatic heterocycles. The summed E-state index contributed by atoms with van der Waals surface area (Å²) in [7, 11) is 0. The molecule has 0 atom stereocenters. The van der Waals surface area contributed by atoms with Crippen molar-refractivity contribution in [1.82, 2.24) is 0 Å². The Labute approximate surface area is 123 Å². The second-order valence-electron chi connectivity index (χ2n) is 4.42. The summed E-state index contributed by atoms with van der Waals surface area (Å²) in [5.41, 5.74) is 2.56. The van der Waals surface area contributed by atoms with Crippen LogP contribution in [0.4, 0.5) is 5.69 Å². The molecule has 0 saturated heterocycles. The lowest BCUT2D eigenvalue weighted by Gasteiger charge is -2.09. The van der Waals surface area contributed by atoms with Crippen molar-refractivity contribution in [2.75, 3.05) is 11.1 Å². The molecule has 20 heavy (non-hydrogen) atoms. The number of aryl methyl sites for hydroxylation is 1. The highest BCUT2D eigenvalue weighted by atomic mass is 32.2. The van der Waals surface area contributed by atoms with Crippen LogP contribution < -0.4 is 5.32 Å². The van der Waals surface area contributed by atoms with Gasteiger partial charge in [0.25, 0.3) is 0 Å². The third-order valence-electron chi connectivity index (χ3n) is 2.91. The topological polar surface area (TPSA) is 49.3 Å². The van der Waals surface area contributed by atoms with E-state index in [9.17, 15) is 9.90 Å². The molecule has 2 N–H and O–H groups in total. The Morgan fingerprint density at radius 3 is 2.60 bits per heavy atom. The number of benzene rings is 2. The van der Waals surface area contributed by atoms with Crippen LogP contribution in [0, 0.1) is 6.92 Å². The molecule has 2 rings (SSSR count). The van der Waals surface area contributed by atoms with E-state index < -0.39 is 0 Å². The number of aliphatic hydroxyl groups excluding tert-OH is 1. The lowest BCUT2D eigenvalue weighted by atomic mass is 10.2. The molecule has 3 nitrogen and oxygen atoms in total. The fourth-order valence-electron chi connectivity index (χ4n) is 1.83. The van der Waals surface area contributed by atoms with Crippen molar-refractivity contribution in [2.24, 2.45) is 0 Å². The summed E-state index contributed by atoms with van der Waals surface area (Å²) in [4.78, 5) is 13.1. The predicted molar refractivity (Wildman–Crippen MR) is 82.9 cm³/mol. The molecule has 2 aromatic carbocycles. The van der Waals surface area contributed by atoms with Gasteiger partial charge in [-0.05, 0) is 24.6 Å². The molecule has 4 heteroatoms. The average molecular weight is 287 g/mol. The number of para-hydroxylation sites is 1. The van der Waals surface area contributed by atoms with Crippen molar-refractivity contribution in [3.63, 3.8) is 0 Å². The number of thioether (sulfide) groups is 1. The predicted octanol–water partition coefficient (Wildman–Crippen LogP) is 3.22. The third-order valence-corrected chi connectivity index (χ3v) is 4.09. The number of carbonyl (C=O) groups excluding carboxylic acids is 1. The molecular weight excluding hydrogens is 270 g/mol. The number of rotatable bonds is 5. The highest BCUT2D eigenvalue weighted by molar-refractivity contribution is 8.00. The van der Waals surface area contributed by atoms with Gasteiger partial charge in [-0.2, -0.15) is 0 Å². The largest absolute Gasteiger partial charge is 0.392 e. The first-order valence-corrected chi connectivity index (χ1v) is 7.36. The van der Waals surface area contributed by atoms with Crippen molar-refractivity contribution < 1.29 is 9.90 Å². The smallest absolute Gasteiger partial charge is 0.234 e. The van der Waals surface area contributed by atoms with Crippen LogP contribution in [0.1, 0.15) is 11.1 Å². The van der Waals surface area contributed by atoms with Crippen LogP contribution in [0.2, 0.25) is 0 Å². The van der Waals surface area contributed by atoms with Crippen LogP contribution in [0.15, 0.2) is 53.4 Å². The number of hydrogen-bond donors (Lipinski definition) is 2. The maximum Gasteiger partial charge on any atom is 0.234 e. The van der Waals surface area contributed by atoms with E-state index in [2.05, 4.69) is 5.32 Å². The maximum absolute atomic E-state index is 12.0. The molecule has 104 valence electrons. The number of hydrogen-bond acceptors (Lipinski definition) is 3. The van der Waals surface area contributed by atoms with E-state index in [1.807, 2.05) is 43.3 Å². The van der Waals surface area contributed by atoms with Gasteiger partial charge in [0, 0.05) is 16.1 Å². The molecule has 1 amide bonds. The summed E-state index contributed by atoms with van der Waals surface area (Å²) in [5, 5.41) is 12.1. The lowest BCUT2D eigenvalue weighted by Crippen LogP contribution is -2.15. The average Bonchev–Trinajstić information content (AvgIpc) is 2.47. The summed E-state index contributed by atoms with van der Waals surface area (Å²) < 4.78 is 0. The molecule has 0 radical (unpaired) electrons. The minimum Gasteiger partial charge on any atom is -0.392 e. The molecule has 0 spiro atoms. The molecule has 2 aromatic rings. The van der Waals surface area contributed by atoms with Crippen molar-refractivity contribution >= 4 is 23.4 Å². The van der Waals surface area contributed by atoms with Crippen LogP contribution in [0.3, 0.4) is 0 Å². The second-order valence-corrected chi connectivity index (χ2v) is 5.43. The van der Waals surface area contributed by atoms with Crippen LogP contribution in [-0.2, 0) is 11.4 Å². The molecule has 0 fully saturated rings. The molecule has 0 heterocycles. The standard InChI is InChI=1S/C16H17NO2S/c1-12-6-2-5-9-15(12)20-11-16(19)17-14-8-4-3-7-13(14)10-18/h2-9,18H,10-11H2,1H3,(H,17,19). The van der Waals surface area contributed by atoms with E-state index in [0.29, 0.717) is 11.4 Å². The molecular formula is C16H17NO2S. The van der Waals surface area contributed by atoms with Crippen molar-refractivity contribution in [3.05, 3.63) is 59.7 Å². The lowest BCUT2D eigenvalue weighted by molar-refractivity contribution is -0.113. The summed E-state index contributed by atoms with van der Waals surface area (Å²) >= 11 is 1.51. The molecule has 0 unspecified atom stereocenters. The van der Waals surface area contributed by atoms with Gasteiger partial charge < -0.3 is 10.4 Å². The van der Waals surface area contributed by atoms with E-state index in [0.717, 1.165) is 10.5 Å². The quantitative estimate of drug-likeness (QED) is 0.830. The summed E-state index contributed by atoms with van der Waals surface area (Å²) in [6.45, 7) is 1.95. The second kappa shape index (κ2) is 7.12. The minimum atomic E-state index is -0.0820. The first kappa shape index (κ1) is 14.6. The summed E-state index contributed by atoms with van der Waals surface area (Å²) in [6, 6.07) is 15.3. The summed E-state index contributed by atoms with van der Waals surface area (Å²) in [6.07, 6.45) is 0. The summed E-state index contributed by atoms with van der Waals surface area (Å²) in [5.74, 6) is 0.282. The Kier molecular flexibility index (Phi) is 5.21. The SMILES string of the molecule is Cc1ccccc1SCC(=O)Nc1ccccc1CO. The minimum absolute atomic E-state index is 0.0702. The molecule has 0 saturated carbocycles. The van der Waals surface area contributed by atoms with Gasteiger partial charge in [0.2, 0.25) is 5.91 Å². The van der Waals surface area contributed by atoms with Gasteiger partial charge >= 0.3 is 0 Å². The van der Waals surface area contributed by atoms with Gasteiger partial charge in [-0.25, -0.2) is 0 Å². The van der Waals surface area contributed by atoms with Gasteiger partial charge in [-0.1, -0.05) is 36.4 Å². The fourth-order valence-corrected chi connectivity index (χ4v) is 2.66. The Morgan fingerprint density at radius 2 is 1.85 bits per heavy atom. The van der Waals surface area contributed by atoms with Gasteiger partial charge in [0.05, 0.1) is 12.4 Å². The van der Waals surface area contributed by atoms with E-state index in [1.54, 1.807) is 12.1 Å². The van der Waals surface area contributed by atoms with Gasteiger partial charge in [-0.15, -0.1) is 11.8 Å². The highest BCUT2D eigenvalue weighted by Crippen LogP contribution is 2.22. The van der Waals surface area contributed by atoms with Gasteiger partial charge in [0.15, 0.2) is 0 Å². The highest BCUT2D eigenvalue weighted by Gasteiger charge is 2.07. The first-order chi connectivity index (χ1) is 9.70. The van der Waals surface area contributed by atoms with Crippen LogP contribution in [0.25, 0.3) is 0 Å². The monoisotopic (exact) mass is 287 g/mol. The Balaban J connectivity index is 1.95. The third kappa shape index (κ3) is 3.85. The number of anilines is 1. The van der Waals surface area contributed by atoms with Crippen LogP contribution >= 0.6 is 11.8 Å². The molecule has 0 aliphatic carbocycles. The number of carbonyl (C=O) groups is 1. The van der Waals surface area contributed by atoms with Crippen molar-refractivity contribution in [1.29, 1.82) is 0 Å². The zero-order chi connectivity index (χ0) is 14.4. The van der Waals surface area contributed by atoms with Crippen LogP contribution in [-0.4, -0.2) is 16.8 Å². The van der Waals surface area contributed by atoms with Gasteiger partial charge in [0.1, 0.15) is 0 Å². The van der Waals surface area contributed by atoms with E-state index in [1.165, 1.54) is 17.3 Å². The Morgan fingerprint density at radius 1 is 1.15 bits per heavy atom. The van der Waals surface area contributed by atoms with E-state index in [-0.39, 0.29) is 12.5 Å². The zero-order valence-electron chi connectivity index (χ0n) is 11.3. The first-order valence-electron chi connectivity index (χ1n) is 6.37. The molecule has 0 aliphatic rings. The Hall–Kier alpha value is -1.78. The Bertz CT molecular complexity index is 599. The maximum atomic E-state index is 12.0. The fraction of sp³-hybridized carbons (Fsp3) is 0.188. The van der Waals surface area contributed by atoms with Crippen LogP contribution in [0.5, 0.6) is 0 Å². The normalized spacial score (nSPS) is 10.3. The van der Waals surface area contributed by atoms with Gasteiger partial charge in [-0.3, -0.25) is 4.79 Å². The number of amides is 1. The molecule has 0 aliphatic heterocycles. The van der Waals surface area contributed by atoms with Crippen molar-refractivity contribution in [3.8, 4) is 0 Å². The zero-order valence-corrected chi connectivity index (χ0v) is 12.1. The molecule has 0 bridgehead atoms. The van der Waals surface area contributed by atoms with Crippen molar-refractivity contribution in [2.45, 2.75) is 18.4 Å². The number of nitrogens with one attached hydrogen (secondary N) is 1. The van der Waals surface area contributed by atoms with E-state index >= 15 is 0 Å². The van der Waals surface area contributed by atoms with E-state index in [4.69, 9.17) is 0 Å². The number of aliphatic hydroxyl groups is 1.